The summed E-state index contributed by atoms with van der Waals surface area (Å²) in [6.07, 6.45) is 25.1. The second kappa shape index (κ2) is 21.3. The molecule has 30 heavy (non-hydrogen) atoms. The molecule has 0 aliphatic carbocycles. The van der Waals surface area contributed by atoms with Crippen LogP contribution < -0.4 is 4.90 Å². The highest BCUT2D eigenvalue weighted by atomic mass is 35.5. The highest BCUT2D eigenvalue weighted by molar-refractivity contribution is 5.85. The number of nitrogens with zero attached hydrogens (tertiary/aromatic N) is 1. The minimum absolute atomic E-state index is 0. The number of benzene rings is 1. The third-order valence-corrected chi connectivity index (χ3v) is 6.15. The van der Waals surface area contributed by atoms with E-state index >= 15 is 0 Å². The Kier molecular flexibility index (Phi) is 20.6. The minimum Gasteiger partial charge on any atom is -0.346 e. The minimum atomic E-state index is 0. The highest BCUT2D eigenvalue weighted by Gasteiger charge is 2.06. The first-order valence-electron chi connectivity index (χ1n) is 12.7. The third-order valence-electron chi connectivity index (χ3n) is 6.15. The van der Waals surface area contributed by atoms with Gasteiger partial charge in [-0.25, -0.2) is 0 Å². The van der Waals surface area contributed by atoms with E-state index in [-0.39, 0.29) is 12.4 Å². The molecule has 0 radical (unpaired) electrons. The predicted molar refractivity (Wildman–Crippen MR) is 140 cm³/mol. The van der Waals surface area contributed by atoms with Crippen molar-refractivity contribution in [3.63, 3.8) is 0 Å². The van der Waals surface area contributed by atoms with Crippen molar-refractivity contribution in [3.05, 3.63) is 42.1 Å². The molecule has 1 rings (SSSR count). The smallest absolute Gasteiger partial charge is 0.0408 e. The Morgan fingerprint density at radius 3 is 1.47 bits per heavy atom. The fourth-order valence-electron chi connectivity index (χ4n) is 4.09. The maximum atomic E-state index is 2.46. The molecule has 1 aromatic carbocycles. The Morgan fingerprint density at radius 1 is 0.667 bits per heavy atom. The van der Waals surface area contributed by atoms with Gasteiger partial charge in [-0.2, -0.15) is 0 Å². The predicted octanol–water partition coefficient (Wildman–Crippen LogP) is 10.1. The molecule has 0 aliphatic heterocycles. The molecule has 0 spiro atoms. The van der Waals surface area contributed by atoms with Crippen LogP contribution in [-0.2, 0) is 0 Å². The molecule has 0 bridgehead atoms. The molecule has 0 heterocycles. The molecule has 1 aromatic rings. The van der Waals surface area contributed by atoms with Gasteiger partial charge in [0, 0.05) is 17.9 Å². The van der Waals surface area contributed by atoms with Crippen LogP contribution in [0.4, 0.5) is 5.69 Å². The van der Waals surface area contributed by atoms with E-state index in [1.807, 2.05) is 0 Å². The standard InChI is InChI=1S/C28H49N.ClH/c1-4-6-7-8-9-10-11-12-13-14-15-16-17-18-19-23-26-29(27(3)5-2)28-24-21-20-22-25-28;/h5,20-22,24-25H,4,6-19,23,26H2,1-3H3;1H. The summed E-state index contributed by atoms with van der Waals surface area (Å²) in [5.74, 6) is 0. The van der Waals surface area contributed by atoms with E-state index in [2.05, 4.69) is 62.1 Å². The summed E-state index contributed by atoms with van der Waals surface area (Å²) in [7, 11) is 0. The Bertz CT molecular complexity index is 497. The second-order valence-corrected chi connectivity index (χ2v) is 8.72. The van der Waals surface area contributed by atoms with Crippen molar-refractivity contribution in [2.24, 2.45) is 0 Å². The van der Waals surface area contributed by atoms with Gasteiger partial charge in [0.2, 0.25) is 0 Å². The average Bonchev–Trinajstić information content (AvgIpc) is 2.76. The number of para-hydroxylation sites is 1. The number of hydrogen-bond donors (Lipinski definition) is 0. The summed E-state index contributed by atoms with van der Waals surface area (Å²) in [6, 6.07) is 10.8. The first-order chi connectivity index (χ1) is 14.3. The van der Waals surface area contributed by atoms with Gasteiger partial charge in [0.1, 0.15) is 0 Å². The summed E-state index contributed by atoms with van der Waals surface area (Å²) < 4.78 is 0. The first kappa shape index (κ1) is 29.1. The Labute approximate surface area is 195 Å². The first-order valence-corrected chi connectivity index (χ1v) is 12.7. The lowest BCUT2D eigenvalue weighted by molar-refractivity contribution is 0.529. The van der Waals surface area contributed by atoms with E-state index in [9.17, 15) is 0 Å². The van der Waals surface area contributed by atoms with E-state index in [1.165, 1.54) is 114 Å². The van der Waals surface area contributed by atoms with Gasteiger partial charge in [0.25, 0.3) is 0 Å². The monoisotopic (exact) mass is 435 g/mol. The van der Waals surface area contributed by atoms with Gasteiger partial charge in [-0.15, -0.1) is 12.4 Å². The lowest BCUT2D eigenvalue weighted by atomic mass is 10.0. The van der Waals surface area contributed by atoms with Gasteiger partial charge in [0.15, 0.2) is 0 Å². The fraction of sp³-hybridized carbons (Fsp3) is 0.714. The summed E-state index contributed by atoms with van der Waals surface area (Å²) in [6.45, 7) is 7.79. The van der Waals surface area contributed by atoms with Crippen molar-refractivity contribution in [1.29, 1.82) is 0 Å². The van der Waals surface area contributed by atoms with Gasteiger partial charge < -0.3 is 4.90 Å². The molecule has 174 valence electrons. The number of unbranched alkanes of at least 4 members (excludes halogenated alkanes) is 15. The Balaban J connectivity index is 0.00000841. The van der Waals surface area contributed by atoms with Crippen molar-refractivity contribution in [3.8, 4) is 0 Å². The molecule has 2 heteroatoms. The SMILES string of the molecule is CC=C(C)N(CCCCCCCCCCCCCCCCCC)c1ccccc1.Cl. The van der Waals surface area contributed by atoms with Gasteiger partial charge in [-0.05, 0) is 32.4 Å². The Hall–Kier alpha value is -0.950. The highest BCUT2D eigenvalue weighted by Crippen LogP contribution is 2.20. The van der Waals surface area contributed by atoms with Crippen molar-refractivity contribution in [2.45, 2.75) is 124 Å². The summed E-state index contributed by atoms with van der Waals surface area (Å²) in [5.41, 5.74) is 2.68. The number of halogens is 1. The zero-order chi connectivity index (χ0) is 21.0. The zero-order valence-electron chi connectivity index (χ0n) is 20.3. The molecule has 0 aromatic heterocycles. The van der Waals surface area contributed by atoms with Crippen LogP contribution in [0.1, 0.15) is 124 Å². The second-order valence-electron chi connectivity index (χ2n) is 8.72. The number of anilines is 1. The Morgan fingerprint density at radius 2 is 1.07 bits per heavy atom. The van der Waals surface area contributed by atoms with Crippen LogP contribution in [-0.4, -0.2) is 6.54 Å². The van der Waals surface area contributed by atoms with E-state index in [0.29, 0.717) is 0 Å². The van der Waals surface area contributed by atoms with Gasteiger partial charge in [-0.3, -0.25) is 0 Å². The van der Waals surface area contributed by atoms with Crippen molar-refractivity contribution in [1.82, 2.24) is 0 Å². The molecular formula is C28H50ClN. The number of hydrogen-bond acceptors (Lipinski definition) is 1. The van der Waals surface area contributed by atoms with E-state index in [0.717, 1.165) is 6.54 Å². The summed E-state index contributed by atoms with van der Waals surface area (Å²) >= 11 is 0. The van der Waals surface area contributed by atoms with E-state index < -0.39 is 0 Å². The molecule has 0 aliphatic rings. The lowest BCUT2D eigenvalue weighted by Gasteiger charge is -2.25. The third kappa shape index (κ3) is 14.9. The molecule has 0 saturated heterocycles. The number of allylic oxidation sites excluding steroid dienone is 2. The van der Waals surface area contributed by atoms with Gasteiger partial charge >= 0.3 is 0 Å². The topological polar surface area (TPSA) is 3.24 Å². The van der Waals surface area contributed by atoms with E-state index in [4.69, 9.17) is 0 Å². The molecular weight excluding hydrogens is 386 g/mol. The van der Waals surface area contributed by atoms with Crippen LogP contribution in [0.5, 0.6) is 0 Å². The lowest BCUT2D eigenvalue weighted by Crippen LogP contribution is -2.22. The normalized spacial score (nSPS) is 11.4. The molecule has 1 nitrogen and oxygen atoms in total. The largest absolute Gasteiger partial charge is 0.346 e. The maximum Gasteiger partial charge on any atom is 0.0408 e. The average molecular weight is 436 g/mol. The molecule has 0 unspecified atom stereocenters. The molecule has 0 N–H and O–H groups in total. The molecule has 0 atom stereocenters. The van der Waals surface area contributed by atoms with Crippen LogP contribution in [0.2, 0.25) is 0 Å². The van der Waals surface area contributed by atoms with Gasteiger partial charge in [-0.1, -0.05) is 128 Å². The number of rotatable bonds is 19. The summed E-state index contributed by atoms with van der Waals surface area (Å²) in [4.78, 5) is 2.46. The van der Waals surface area contributed by atoms with Crippen molar-refractivity contribution >= 4 is 18.1 Å². The molecule has 0 fully saturated rings. The van der Waals surface area contributed by atoms with Crippen molar-refractivity contribution < 1.29 is 0 Å². The van der Waals surface area contributed by atoms with Crippen molar-refractivity contribution in [2.75, 3.05) is 11.4 Å². The molecule has 0 amide bonds. The van der Waals surface area contributed by atoms with Crippen LogP contribution in [0, 0.1) is 0 Å². The maximum absolute atomic E-state index is 2.46. The van der Waals surface area contributed by atoms with Crippen LogP contribution in [0.3, 0.4) is 0 Å². The van der Waals surface area contributed by atoms with Crippen LogP contribution in [0.25, 0.3) is 0 Å². The van der Waals surface area contributed by atoms with E-state index in [1.54, 1.807) is 0 Å². The van der Waals surface area contributed by atoms with Crippen LogP contribution >= 0.6 is 12.4 Å². The molecule has 0 saturated carbocycles. The summed E-state index contributed by atoms with van der Waals surface area (Å²) in [5, 5.41) is 0. The van der Waals surface area contributed by atoms with Crippen LogP contribution in [0.15, 0.2) is 42.1 Å². The van der Waals surface area contributed by atoms with Gasteiger partial charge in [0.05, 0.1) is 0 Å². The zero-order valence-corrected chi connectivity index (χ0v) is 21.2. The quantitative estimate of drug-likeness (QED) is 0.195. The fourth-order valence-corrected chi connectivity index (χ4v) is 4.09.